The van der Waals surface area contributed by atoms with Crippen LogP contribution in [0.5, 0.6) is 0 Å². The highest BCUT2D eigenvalue weighted by Gasteiger charge is 2.31. The van der Waals surface area contributed by atoms with E-state index in [1.165, 1.54) is 23.1 Å². The molecule has 0 aliphatic carbocycles. The van der Waals surface area contributed by atoms with Crippen LogP contribution in [-0.4, -0.2) is 39.7 Å². The maximum atomic E-state index is 13.1. The van der Waals surface area contributed by atoms with Crippen LogP contribution in [0.3, 0.4) is 0 Å². The van der Waals surface area contributed by atoms with E-state index >= 15 is 0 Å². The smallest absolute Gasteiger partial charge is 0.262 e. The van der Waals surface area contributed by atoms with Gasteiger partial charge in [0.1, 0.15) is 12.4 Å². The van der Waals surface area contributed by atoms with Crippen molar-refractivity contribution >= 4 is 0 Å². The van der Waals surface area contributed by atoms with Crippen LogP contribution < -0.4 is 0 Å². The molecule has 0 bridgehead atoms. The van der Waals surface area contributed by atoms with Gasteiger partial charge in [0.15, 0.2) is 11.6 Å². The van der Waals surface area contributed by atoms with E-state index in [4.69, 9.17) is 0 Å². The highest BCUT2D eigenvalue weighted by Crippen LogP contribution is 2.31. The zero-order chi connectivity index (χ0) is 19.0. The summed E-state index contributed by atoms with van der Waals surface area (Å²) in [7, 11) is 0. The summed E-state index contributed by atoms with van der Waals surface area (Å²) in [6.07, 6.45) is 0.192. The van der Waals surface area contributed by atoms with Crippen molar-refractivity contribution < 1.29 is 13.2 Å². The van der Waals surface area contributed by atoms with Crippen molar-refractivity contribution in [3.05, 3.63) is 60.4 Å². The first-order valence-corrected chi connectivity index (χ1v) is 7.93. The summed E-state index contributed by atoms with van der Waals surface area (Å²) in [5.41, 5.74) is -0.536. The fraction of sp³-hybridized carbons (Fsp3) is 0.188. The molecule has 138 valence electrons. The summed E-state index contributed by atoms with van der Waals surface area (Å²) < 4.78 is 42.3. The van der Waals surface area contributed by atoms with Crippen LogP contribution in [0.15, 0.2) is 49.1 Å². The van der Waals surface area contributed by atoms with Crippen LogP contribution in [0, 0.1) is 0 Å². The quantitative estimate of drug-likeness (QED) is 0.593. The molecule has 3 heterocycles. The number of rotatable bonds is 4. The summed E-state index contributed by atoms with van der Waals surface area (Å²) in [4.78, 5) is 8.46. The van der Waals surface area contributed by atoms with Crippen LogP contribution in [0.2, 0.25) is 0 Å². The van der Waals surface area contributed by atoms with Gasteiger partial charge in [0, 0.05) is 12.4 Å². The normalized spacial score (nSPS) is 13.0. The molecule has 11 heteroatoms. The summed E-state index contributed by atoms with van der Waals surface area (Å²) in [5, 5.41) is 14.9. The molecule has 1 N–H and O–H groups in total. The molecule has 27 heavy (non-hydrogen) atoms. The van der Waals surface area contributed by atoms with Crippen LogP contribution in [-0.2, 0) is 6.18 Å². The van der Waals surface area contributed by atoms with Gasteiger partial charge in [0.2, 0.25) is 5.82 Å². The van der Waals surface area contributed by atoms with Gasteiger partial charge < -0.3 is 0 Å². The molecule has 4 rings (SSSR count). The third-order valence-electron chi connectivity index (χ3n) is 3.97. The largest absolute Gasteiger partial charge is 0.416 e. The second-order valence-electron chi connectivity index (χ2n) is 5.75. The average molecular weight is 374 g/mol. The lowest BCUT2D eigenvalue weighted by Gasteiger charge is -2.14. The van der Waals surface area contributed by atoms with Crippen LogP contribution in [0.4, 0.5) is 13.2 Å². The van der Waals surface area contributed by atoms with Crippen molar-refractivity contribution in [2.75, 3.05) is 0 Å². The Kier molecular flexibility index (Phi) is 3.98. The Morgan fingerprint density at radius 1 is 1.19 bits per heavy atom. The number of nitrogens with one attached hydrogen (secondary N) is 1. The van der Waals surface area contributed by atoms with Crippen molar-refractivity contribution in [3.63, 3.8) is 0 Å². The van der Waals surface area contributed by atoms with Gasteiger partial charge >= 0.3 is 6.18 Å². The van der Waals surface area contributed by atoms with E-state index in [1.54, 1.807) is 23.1 Å². The summed E-state index contributed by atoms with van der Waals surface area (Å²) in [5.74, 6) is 0.943. The molecule has 0 saturated heterocycles. The van der Waals surface area contributed by atoms with Crippen molar-refractivity contribution in [1.29, 1.82) is 0 Å². The standard InChI is InChI=1S/C16H13F3N8/c1-10(26-7-3-6-22-26)15-23-14(13-20-9-21-24-13)25-27(15)12-5-2-4-11(8-12)16(17,18)19/h2-10H,1H3,(H,20,21,24). The number of nitrogens with zero attached hydrogens (tertiary/aromatic N) is 7. The molecule has 1 aromatic carbocycles. The SMILES string of the molecule is CC(c1nc(-c2ncn[nH]2)nn1-c1cccc(C(F)(F)F)c1)n1cccn1. The molecule has 8 nitrogen and oxygen atoms in total. The average Bonchev–Trinajstić information content (AvgIpc) is 3.41. The predicted octanol–water partition coefficient (Wildman–Crippen LogP) is 2.88. The first kappa shape index (κ1) is 16.9. The number of hydrogen-bond acceptors (Lipinski definition) is 5. The minimum absolute atomic E-state index is 0.221. The fourth-order valence-corrected chi connectivity index (χ4v) is 2.64. The lowest BCUT2D eigenvalue weighted by Crippen LogP contribution is -2.14. The maximum absolute atomic E-state index is 13.1. The molecule has 0 amide bonds. The summed E-state index contributed by atoms with van der Waals surface area (Å²) in [6.45, 7) is 1.82. The van der Waals surface area contributed by atoms with Gasteiger partial charge in [-0.3, -0.25) is 9.78 Å². The Morgan fingerprint density at radius 3 is 2.70 bits per heavy atom. The lowest BCUT2D eigenvalue weighted by atomic mass is 10.2. The second kappa shape index (κ2) is 6.34. The molecule has 0 spiro atoms. The van der Waals surface area contributed by atoms with Crippen molar-refractivity contribution in [3.8, 4) is 17.3 Å². The first-order valence-electron chi connectivity index (χ1n) is 7.93. The number of aromatic amines is 1. The van der Waals surface area contributed by atoms with Crippen LogP contribution in [0.25, 0.3) is 17.3 Å². The highest BCUT2D eigenvalue weighted by atomic mass is 19.4. The monoisotopic (exact) mass is 374 g/mol. The molecule has 1 atom stereocenters. The Morgan fingerprint density at radius 2 is 2.04 bits per heavy atom. The molecule has 0 aliphatic heterocycles. The molecule has 0 radical (unpaired) electrons. The van der Waals surface area contributed by atoms with E-state index in [0.717, 1.165) is 12.1 Å². The maximum Gasteiger partial charge on any atom is 0.416 e. The number of H-pyrrole nitrogens is 1. The second-order valence-corrected chi connectivity index (χ2v) is 5.75. The Balaban J connectivity index is 1.86. The van der Waals surface area contributed by atoms with Gasteiger partial charge in [0.25, 0.3) is 0 Å². The zero-order valence-electron chi connectivity index (χ0n) is 14.0. The number of alkyl halides is 3. The molecule has 0 fully saturated rings. The zero-order valence-corrected chi connectivity index (χ0v) is 14.0. The molecule has 3 aromatic heterocycles. The molecule has 4 aromatic rings. The molecule has 0 aliphatic rings. The Hall–Kier alpha value is -3.50. The minimum atomic E-state index is -4.46. The van der Waals surface area contributed by atoms with E-state index in [1.807, 2.05) is 6.92 Å². The number of aromatic nitrogens is 8. The lowest BCUT2D eigenvalue weighted by molar-refractivity contribution is -0.137. The van der Waals surface area contributed by atoms with Gasteiger partial charge in [-0.15, -0.1) is 5.10 Å². The number of hydrogen-bond donors (Lipinski definition) is 1. The molecule has 0 saturated carbocycles. The third kappa shape index (κ3) is 3.18. The molecular formula is C16H13F3N8. The number of halogens is 3. The van der Waals surface area contributed by atoms with Gasteiger partial charge in [-0.25, -0.2) is 14.6 Å². The fourth-order valence-electron chi connectivity index (χ4n) is 2.64. The summed E-state index contributed by atoms with van der Waals surface area (Å²) >= 11 is 0. The highest BCUT2D eigenvalue weighted by molar-refractivity contribution is 5.44. The van der Waals surface area contributed by atoms with E-state index < -0.39 is 11.7 Å². The minimum Gasteiger partial charge on any atom is -0.262 e. The first-order chi connectivity index (χ1) is 12.9. The Bertz CT molecular complexity index is 1030. The van der Waals surface area contributed by atoms with Crippen LogP contribution >= 0.6 is 0 Å². The topological polar surface area (TPSA) is 90.1 Å². The van der Waals surface area contributed by atoms with E-state index in [9.17, 15) is 13.2 Å². The molecule has 1 unspecified atom stereocenters. The summed E-state index contributed by atoms with van der Waals surface area (Å²) in [6, 6.07) is 6.27. The predicted molar refractivity (Wildman–Crippen MR) is 87.8 cm³/mol. The van der Waals surface area contributed by atoms with E-state index in [0.29, 0.717) is 11.6 Å². The van der Waals surface area contributed by atoms with E-state index in [-0.39, 0.29) is 17.6 Å². The molecular weight excluding hydrogens is 361 g/mol. The van der Waals surface area contributed by atoms with Crippen molar-refractivity contribution in [2.24, 2.45) is 0 Å². The van der Waals surface area contributed by atoms with Gasteiger partial charge in [-0.2, -0.15) is 23.4 Å². The van der Waals surface area contributed by atoms with Crippen molar-refractivity contribution in [1.82, 2.24) is 39.7 Å². The van der Waals surface area contributed by atoms with E-state index in [2.05, 4.69) is 30.4 Å². The van der Waals surface area contributed by atoms with Gasteiger partial charge in [-0.1, -0.05) is 6.07 Å². The third-order valence-corrected chi connectivity index (χ3v) is 3.97. The van der Waals surface area contributed by atoms with Crippen molar-refractivity contribution in [2.45, 2.75) is 19.1 Å². The Labute approximate surface area is 150 Å². The van der Waals surface area contributed by atoms with Gasteiger partial charge in [0.05, 0.1) is 11.3 Å². The van der Waals surface area contributed by atoms with Crippen LogP contribution in [0.1, 0.15) is 24.4 Å². The number of benzene rings is 1. The van der Waals surface area contributed by atoms with Gasteiger partial charge in [-0.05, 0) is 31.2 Å².